The normalized spacial score (nSPS) is 19.4. The van der Waals surface area contributed by atoms with E-state index >= 15 is 0 Å². The van der Waals surface area contributed by atoms with Gasteiger partial charge in [0.25, 0.3) is 0 Å². The molecule has 72 valence electrons. The maximum Gasteiger partial charge on any atom is 0.178 e. The van der Waals surface area contributed by atoms with E-state index in [1.165, 1.54) is 24.3 Å². The van der Waals surface area contributed by atoms with Gasteiger partial charge in [-0.2, -0.15) is 0 Å². The number of carbonyl (C=O) groups is 1. The summed E-state index contributed by atoms with van der Waals surface area (Å²) in [5.41, 5.74) is -0.899. The van der Waals surface area contributed by atoms with Crippen LogP contribution in [0.1, 0.15) is 6.42 Å². The van der Waals surface area contributed by atoms with Crippen molar-refractivity contribution in [2.45, 2.75) is 12.0 Å². The minimum Gasteiger partial charge on any atom is -0.385 e. The second kappa shape index (κ2) is 4.32. The first-order valence-electron chi connectivity index (χ1n) is 3.96. The molecule has 0 saturated heterocycles. The molecule has 1 aliphatic carbocycles. The Kier molecular flexibility index (Phi) is 3.36. The molecule has 4 heteroatoms. The van der Waals surface area contributed by atoms with Gasteiger partial charge in [0, 0.05) is 20.1 Å². The van der Waals surface area contributed by atoms with Crippen LogP contribution in [-0.2, 0) is 14.4 Å². The van der Waals surface area contributed by atoms with Crippen LogP contribution < -0.4 is 0 Å². The van der Waals surface area contributed by atoms with Gasteiger partial charge in [0.15, 0.2) is 5.78 Å². The molecule has 1 aliphatic rings. The highest BCUT2D eigenvalue weighted by atomic mass is 17.1. The summed E-state index contributed by atoms with van der Waals surface area (Å²) in [5.74, 6) is -0.106. The molecule has 0 unspecified atom stereocenters. The first-order chi connectivity index (χ1) is 6.22. The summed E-state index contributed by atoms with van der Waals surface area (Å²) >= 11 is 0. The molecular weight excluding hydrogens is 172 g/mol. The lowest BCUT2D eigenvalue weighted by molar-refractivity contribution is -0.295. The van der Waals surface area contributed by atoms with Crippen molar-refractivity contribution in [1.29, 1.82) is 0 Å². The number of carbonyl (C=O) groups excluding carboxylic acids is 1. The fourth-order valence-electron chi connectivity index (χ4n) is 1.09. The third-order valence-electron chi connectivity index (χ3n) is 1.93. The number of allylic oxidation sites excluding steroid dienone is 2. The van der Waals surface area contributed by atoms with Crippen molar-refractivity contribution in [3.63, 3.8) is 0 Å². The maximum atomic E-state index is 10.8. The van der Waals surface area contributed by atoms with Crippen molar-refractivity contribution in [2.75, 3.05) is 13.7 Å². The average molecular weight is 184 g/mol. The van der Waals surface area contributed by atoms with E-state index in [2.05, 4.69) is 4.89 Å². The minimum atomic E-state index is -0.899. The van der Waals surface area contributed by atoms with Gasteiger partial charge in [-0.15, -0.1) is 0 Å². The van der Waals surface area contributed by atoms with E-state index < -0.39 is 5.60 Å². The molecule has 0 aromatic carbocycles. The first-order valence-corrected chi connectivity index (χ1v) is 3.96. The first kappa shape index (κ1) is 10.1. The molecule has 0 aliphatic heterocycles. The summed E-state index contributed by atoms with van der Waals surface area (Å²) in [6.07, 6.45) is 6.25. The third-order valence-corrected chi connectivity index (χ3v) is 1.93. The average Bonchev–Trinajstić information content (AvgIpc) is 2.18. The van der Waals surface area contributed by atoms with Gasteiger partial charge in [-0.25, -0.2) is 4.89 Å². The van der Waals surface area contributed by atoms with Gasteiger partial charge >= 0.3 is 0 Å². The summed E-state index contributed by atoms with van der Waals surface area (Å²) in [6.45, 7) is 0.448. The highest BCUT2D eigenvalue weighted by Crippen LogP contribution is 2.22. The van der Waals surface area contributed by atoms with Crippen LogP contribution in [0.25, 0.3) is 0 Å². The standard InChI is InChI=1S/C9H12O4/c1-12-7-6-9(13-11)4-2-8(10)3-5-9/h2-5,11H,6-7H2,1H3. The Morgan fingerprint density at radius 3 is 2.54 bits per heavy atom. The molecule has 13 heavy (non-hydrogen) atoms. The van der Waals surface area contributed by atoms with E-state index in [0.717, 1.165) is 0 Å². The smallest absolute Gasteiger partial charge is 0.178 e. The molecule has 0 saturated carbocycles. The van der Waals surface area contributed by atoms with E-state index in [-0.39, 0.29) is 5.78 Å². The quantitative estimate of drug-likeness (QED) is 0.522. The van der Waals surface area contributed by atoms with Gasteiger partial charge in [0.05, 0.1) is 0 Å². The van der Waals surface area contributed by atoms with Gasteiger partial charge in [-0.05, 0) is 24.3 Å². The molecular formula is C9H12O4. The Morgan fingerprint density at radius 2 is 2.08 bits per heavy atom. The summed E-state index contributed by atoms with van der Waals surface area (Å²) < 4.78 is 4.85. The topological polar surface area (TPSA) is 55.8 Å². The highest BCUT2D eigenvalue weighted by Gasteiger charge is 2.27. The second-order valence-electron chi connectivity index (χ2n) is 2.86. The number of rotatable bonds is 4. The zero-order chi connectivity index (χ0) is 9.73. The highest BCUT2D eigenvalue weighted by molar-refractivity contribution is 6.00. The summed E-state index contributed by atoms with van der Waals surface area (Å²) in [5, 5.41) is 8.69. The Morgan fingerprint density at radius 1 is 1.46 bits per heavy atom. The second-order valence-corrected chi connectivity index (χ2v) is 2.86. The van der Waals surface area contributed by atoms with Crippen LogP contribution >= 0.6 is 0 Å². The molecule has 0 spiro atoms. The largest absolute Gasteiger partial charge is 0.385 e. The summed E-state index contributed by atoms with van der Waals surface area (Å²) in [6, 6.07) is 0. The van der Waals surface area contributed by atoms with Crippen molar-refractivity contribution in [3.8, 4) is 0 Å². The lowest BCUT2D eigenvalue weighted by Crippen LogP contribution is -2.30. The number of hydrogen-bond donors (Lipinski definition) is 1. The summed E-state index contributed by atoms with van der Waals surface area (Å²) in [4.78, 5) is 15.1. The van der Waals surface area contributed by atoms with Gasteiger partial charge in [0.2, 0.25) is 0 Å². The van der Waals surface area contributed by atoms with Crippen molar-refractivity contribution in [3.05, 3.63) is 24.3 Å². The van der Waals surface area contributed by atoms with Crippen LogP contribution in [0.5, 0.6) is 0 Å². The summed E-state index contributed by atoms with van der Waals surface area (Å²) in [7, 11) is 1.56. The monoisotopic (exact) mass is 184 g/mol. The molecule has 0 atom stereocenters. The molecule has 0 aromatic rings. The lowest BCUT2D eigenvalue weighted by Gasteiger charge is -2.24. The Balaban J connectivity index is 2.65. The Bertz CT molecular complexity index is 226. The van der Waals surface area contributed by atoms with E-state index in [4.69, 9.17) is 9.99 Å². The van der Waals surface area contributed by atoms with E-state index in [1.807, 2.05) is 0 Å². The van der Waals surface area contributed by atoms with E-state index in [1.54, 1.807) is 7.11 Å². The van der Waals surface area contributed by atoms with E-state index in [0.29, 0.717) is 13.0 Å². The molecule has 0 fully saturated rings. The van der Waals surface area contributed by atoms with E-state index in [9.17, 15) is 4.79 Å². The molecule has 0 aromatic heterocycles. The molecule has 4 nitrogen and oxygen atoms in total. The van der Waals surface area contributed by atoms with Gasteiger partial charge < -0.3 is 4.74 Å². The molecule has 1 rings (SSSR count). The number of ether oxygens (including phenoxy) is 1. The van der Waals surface area contributed by atoms with Crippen molar-refractivity contribution in [2.24, 2.45) is 0 Å². The van der Waals surface area contributed by atoms with Crippen molar-refractivity contribution in [1.82, 2.24) is 0 Å². The molecule has 1 N–H and O–H groups in total. The third kappa shape index (κ3) is 2.48. The molecule has 0 amide bonds. The fourth-order valence-corrected chi connectivity index (χ4v) is 1.09. The van der Waals surface area contributed by atoms with Gasteiger partial charge in [-0.3, -0.25) is 10.1 Å². The van der Waals surface area contributed by atoms with Crippen LogP contribution in [0.3, 0.4) is 0 Å². The Hall–Kier alpha value is -0.970. The molecule has 0 radical (unpaired) electrons. The van der Waals surface area contributed by atoms with Crippen LogP contribution in [0.2, 0.25) is 0 Å². The van der Waals surface area contributed by atoms with Crippen LogP contribution in [0, 0.1) is 0 Å². The van der Waals surface area contributed by atoms with Gasteiger partial charge in [-0.1, -0.05) is 0 Å². The predicted octanol–water partition coefficient (Wildman–Crippen LogP) is 0.946. The number of hydrogen-bond acceptors (Lipinski definition) is 4. The van der Waals surface area contributed by atoms with Crippen LogP contribution in [0.4, 0.5) is 0 Å². The van der Waals surface area contributed by atoms with Crippen LogP contribution in [0.15, 0.2) is 24.3 Å². The van der Waals surface area contributed by atoms with Crippen molar-refractivity contribution < 1.29 is 19.7 Å². The minimum absolute atomic E-state index is 0.106. The number of ketones is 1. The maximum absolute atomic E-state index is 10.8. The fraction of sp³-hybridized carbons (Fsp3) is 0.444. The Labute approximate surface area is 76.4 Å². The zero-order valence-corrected chi connectivity index (χ0v) is 7.40. The SMILES string of the molecule is COCCC1(OO)C=CC(=O)C=C1. The zero-order valence-electron chi connectivity index (χ0n) is 7.40. The molecule has 0 heterocycles. The van der Waals surface area contributed by atoms with Crippen LogP contribution in [-0.4, -0.2) is 30.4 Å². The predicted molar refractivity (Wildman–Crippen MR) is 46.2 cm³/mol. The van der Waals surface area contributed by atoms with Gasteiger partial charge in [0.1, 0.15) is 5.60 Å². The number of methoxy groups -OCH3 is 1. The molecule has 0 bridgehead atoms. The lowest BCUT2D eigenvalue weighted by atomic mass is 9.94. The van der Waals surface area contributed by atoms with Crippen molar-refractivity contribution >= 4 is 5.78 Å².